The first kappa shape index (κ1) is 10.6. The number of nitrogens with zero attached hydrogens (tertiary/aromatic N) is 4. The Morgan fingerprint density at radius 3 is 2.61 bits per heavy atom. The molecule has 2 heterocycles. The molecular formula is C13H10N4O. The summed E-state index contributed by atoms with van der Waals surface area (Å²) in [5, 5.41) is 11.5. The van der Waals surface area contributed by atoms with Gasteiger partial charge in [-0.25, -0.2) is 0 Å². The van der Waals surface area contributed by atoms with Crippen LogP contribution in [-0.2, 0) is 0 Å². The van der Waals surface area contributed by atoms with Crippen molar-refractivity contribution in [3.8, 4) is 22.5 Å². The van der Waals surface area contributed by atoms with Crippen LogP contribution in [0, 0.1) is 6.92 Å². The Hall–Kier alpha value is -2.56. The van der Waals surface area contributed by atoms with E-state index in [1.54, 1.807) is 19.3 Å². The minimum Gasteiger partial charge on any atom is -0.339 e. The largest absolute Gasteiger partial charge is 0.339 e. The van der Waals surface area contributed by atoms with Crippen LogP contribution in [0.3, 0.4) is 0 Å². The Kier molecular flexibility index (Phi) is 2.57. The average molecular weight is 238 g/mol. The summed E-state index contributed by atoms with van der Waals surface area (Å²) in [6.07, 6.45) is 3.39. The summed E-state index contributed by atoms with van der Waals surface area (Å²) < 4.78 is 4.98. The van der Waals surface area contributed by atoms with Crippen molar-refractivity contribution in [3.05, 3.63) is 48.6 Å². The van der Waals surface area contributed by atoms with Crippen LogP contribution in [0.15, 0.2) is 47.2 Å². The topological polar surface area (TPSA) is 64.7 Å². The van der Waals surface area contributed by atoms with Gasteiger partial charge in [0, 0.05) is 18.1 Å². The Bertz CT molecular complexity index is 664. The highest BCUT2D eigenvalue weighted by atomic mass is 16.5. The molecule has 0 fully saturated rings. The lowest BCUT2D eigenvalue weighted by molar-refractivity contribution is 0.394. The molecule has 5 heteroatoms. The summed E-state index contributed by atoms with van der Waals surface area (Å²) in [6.45, 7) is 1.77. The molecular weight excluding hydrogens is 228 g/mol. The molecule has 5 nitrogen and oxygen atoms in total. The number of benzene rings is 1. The smallest absolute Gasteiger partial charge is 0.223 e. The maximum atomic E-state index is 4.98. The van der Waals surface area contributed by atoms with Crippen LogP contribution in [0.25, 0.3) is 22.5 Å². The van der Waals surface area contributed by atoms with Gasteiger partial charge < -0.3 is 4.52 Å². The molecule has 3 rings (SSSR count). The molecule has 0 amide bonds. The van der Waals surface area contributed by atoms with Gasteiger partial charge in [0.15, 0.2) is 0 Å². The molecule has 2 aromatic heterocycles. The second-order valence-corrected chi connectivity index (χ2v) is 3.85. The lowest BCUT2D eigenvalue weighted by atomic mass is 10.1. The van der Waals surface area contributed by atoms with Crippen LogP contribution in [-0.4, -0.2) is 20.3 Å². The van der Waals surface area contributed by atoms with Gasteiger partial charge in [-0.2, -0.15) is 15.2 Å². The summed E-state index contributed by atoms with van der Waals surface area (Å²) >= 11 is 0. The Balaban J connectivity index is 2.05. The highest BCUT2D eigenvalue weighted by Gasteiger charge is 2.07. The van der Waals surface area contributed by atoms with E-state index in [0.29, 0.717) is 11.7 Å². The first-order valence-electron chi connectivity index (χ1n) is 5.51. The molecule has 0 saturated carbocycles. The van der Waals surface area contributed by atoms with E-state index < -0.39 is 0 Å². The van der Waals surface area contributed by atoms with Gasteiger partial charge in [0.1, 0.15) is 0 Å². The third kappa shape index (κ3) is 1.98. The predicted octanol–water partition coefficient (Wildman–Crippen LogP) is 2.50. The maximum Gasteiger partial charge on any atom is 0.223 e. The zero-order valence-electron chi connectivity index (χ0n) is 9.74. The SMILES string of the molecule is Cc1nc(-c2cccc(-c3ccnnc3)c2)no1. The van der Waals surface area contributed by atoms with Crippen LogP contribution in [0.5, 0.6) is 0 Å². The van der Waals surface area contributed by atoms with Gasteiger partial charge in [0.05, 0.1) is 12.4 Å². The van der Waals surface area contributed by atoms with Crippen molar-refractivity contribution >= 4 is 0 Å². The van der Waals surface area contributed by atoms with E-state index in [1.165, 1.54) is 0 Å². The summed E-state index contributed by atoms with van der Waals surface area (Å²) in [4.78, 5) is 4.21. The van der Waals surface area contributed by atoms with Crippen molar-refractivity contribution < 1.29 is 4.52 Å². The maximum absolute atomic E-state index is 4.98. The van der Waals surface area contributed by atoms with Gasteiger partial charge in [0.25, 0.3) is 0 Å². The fourth-order valence-corrected chi connectivity index (χ4v) is 1.72. The van der Waals surface area contributed by atoms with E-state index in [9.17, 15) is 0 Å². The highest BCUT2D eigenvalue weighted by molar-refractivity contribution is 5.69. The molecule has 0 N–H and O–H groups in total. The molecule has 18 heavy (non-hydrogen) atoms. The monoisotopic (exact) mass is 238 g/mol. The molecule has 3 aromatic rings. The van der Waals surface area contributed by atoms with Crippen molar-refractivity contribution in [3.63, 3.8) is 0 Å². The van der Waals surface area contributed by atoms with Crippen LogP contribution < -0.4 is 0 Å². The summed E-state index contributed by atoms with van der Waals surface area (Å²) in [5.74, 6) is 1.15. The molecule has 1 aromatic carbocycles. The van der Waals surface area contributed by atoms with E-state index >= 15 is 0 Å². The van der Waals surface area contributed by atoms with Gasteiger partial charge in [-0.1, -0.05) is 23.4 Å². The molecule has 0 radical (unpaired) electrons. The normalized spacial score (nSPS) is 10.5. The van der Waals surface area contributed by atoms with Crippen molar-refractivity contribution in [1.82, 2.24) is 20.3 Å². The van der Waals surface area contributed by atoms with Gasteiger partial charge in [-0.15, -0.1) is 0 Å². The first-order valence-corrected chi connectivity index (χ1v) is 5.51. The Morgan fingerprint density at radius 2 is 1.89 bits per heavy atom. The van der Waals surface area contributed by atoms with Crippen molar-refractivity contribution in [1.29, 1.82) is 0 Å². The molecule has 0 spiro atoms. The van der Waals surface area contributed by atoms with Crippen LogP contribution in [0.1, 0.15) is 5.89 Å². The van der Waals surface area contributed by atoms with E-state index in [-0.39, 0.29) is 0 Å². The molecule has 88 valence electrons. The van der Waals surface area contributed by atoms with E-state index in [1.807, 2.05) is 30.3 Å². The minimum absolute atomic E-state index is 0.556. The number of hydrogen-bond donors (Lipinski definition) is 0. The van der Waals surface area contributed by atoms with Crippen molar-refractivity contribution in [2.45, 2.75) is 6.92 Å². The summed E-state index contributed by atoms with van der Waals surface area (Å²) in [6, 6.07) is 9.82. The van der Waals surface area contributed by atoms with E-state index in [2.05, 4.69) is 20.3 Å². The van der Waals surface area contributed by atoms with Crippen LogP contribution >= 0.6 is 0 Å². The molecule has 0 aliphatic heterocycles. The number of rotatable bonds is 2. The number of aryl methyl sites for hydroxylation is 1. The van der Waals surface area contributed by atoms with E-state index in [0.717, 1.165) is 16.7 Å². The van der Waals surface area contributed by atoms with Gasteiger partial charge >= 0.3 is 0 Å². The minimum atomic E-state index is 0.556. The quantitative estimate of drug-likeness (QED) is 0.686. The Morgan fingerprint density at radius 1 is 1.00 bits per heavy atom. The van der Waals surface area contributed by atoms with Crippen LogP contribution in [0.4, 0.5) is 0 Å². The van der Waals surface area contributed by atoms with Gasteiger partial charge in [0.2, 0.25) is 11.7 Å². The zero-order valence-corrected chi connectivity index (χ0v) is 9.74. The summed E-state index contributed by atoms with van der Waals surface area (Å²) in [7, 11) is 0. The van der Waals surface area contributed by atoms with Crippen LogP contribution in [0.2, 0.25) is 0 Å². The second kappa shape index (κ2) is 4.37. The highest BCUT2D eigenvalue weighted by Crippen LogP contribution is 2.23. The Labute approximate surface area is 104 Å². The molecule has 0 atom stereocenters. The van der Waals surface area contributed by atoms with Gasteiger partial charge in [-0.3, -0.25) is 0 Å². The fraction of sp³-hybridized carbons (Fsp3) is 0.0769. The molecule has 0 aliphatic carbocycles. The molecule has 0 aliphatic rings. The van der Waals surface area contributed by atoms with Crippen molar-refractivity contribution in [2.75, 3.05) is 0 Å². The number of hydrogen-bond acceptors (Lipinski definition) is 5. The first-order chi connectivity index (χ1) is 8.83. The van der Waals surface area contributed by atoms with E-state index in [4.69, 9.17) is 4.52 Å². The zero-order chi connectivity index (χ0) is 12.4. The lowest BCUT2D eigenvalue weighted by Gasteiger charge is -2.01. The van der Waals surface area contributed by atoms with Gasteiger partial charge in [-0.05, 0) is 17.7 Å². The standard InChI is InChI=1S/C13H10N4O/c1-9-16-13(17-18-9)11-4-2-3-10(7-11)12-5-6-14-15-8-12/h2-8H,1H3. The molecule has 0 unspecified atom stereocenters. The number of aromatic nitrogens is 4. The van der Waals surface area contributed by atoms with Crippen molar-refractivity contribution in [2.24, 2.45) is 0 Å². The second-order valence-electron chi connectivity index (χ2n) is 3.85. The lowest BCUT2D eigenvalue weighted by Crippen LogP contribution is -1.85. The third-order valence-electron chi connectivity index (χ3n) is 2.57. The predicted molar refractivity (Wildman–Crippen MR) is 65.5 cm³/mol. The third-order valence-corrected chi connectivity index (χ3v) is 2.57. The summed E-state index contributed by atoms with van der Waals surface area (Å²) in [5.41, 5.74) is 2.97. The molecule has 0 saturated heterocycles. The average Bonchev–Trinajstić information content (AvgIpc) is 2.87. The fourth-order valence-electron chi connectivity index (χ4n) is 1.72. The molecule has 0 bridgehead atoms.